The van der Waals surface area contributed by atoms with Crippen molar-refractivity contribution >= 4 is 23.5 Å². The van der Waals surface area contributed by atoms with Gasteiger partial charge in [-0.2, -0.15) is 0 Å². The van der Waals surface area contributed by atoms with Crippen LogP contribution in [-0.2, 0) is 0 Å². The summed E-state index contributed by atoms with van der Waals surface area (Å²) in [6.45, 7) is 0.156. The highest BCUT2D eigenvalue weighted by Gasteiger charge is 2.25. The van der Waals surface area contributed by atoms with Gasteiger partial charge in [0.2, 0.25) is 0 Å². The van der Waals surface area contributed by atoms with Crippen LogP contribution in [0.2, 0.25) is 0 Å². The summed E-state index contributed by atoms with van der Waals surface area (Å²) in [4.78, 5) is 4.28. The van der Waals surface area contributed by atoms with Gasteiger partial charge in [0.15, 0.2) is 0 Å². The summed E-state index contributed by atoms with van der Waals surface area (Å²) in [6.07, 6.45) is 1.77. The number of hydrogen-bond donors (Lipinski definition) is 1. The van der Waals surface area contributed by atoms with E-state index in [1.165, 1.54) is 0 Å². The van der Waals surface area contributed by atoms with Crippen molar-refractivity contribution in [2.45, 2.75) is 10.5 Å². The van der Waals surface area contributed by atoms with Crippen LogP contribution in [0.1, 0.15) is 11.6 Å². The Balaban J connectivity index is 2.13. The van der Waals surface area contributed by atoms with Crippen LogP contribution in [0.5, 0.6) is 0 Å². The smallest absolute Gasteiger partial charge is 0.0690 e. The SMILES string of the molecule is OCC(c1ccccn1)C1SC=CS1. The highest BCUT2D eigenvalue weighted by molar-refractivity contribution is 8.22. The van der Waals surface area contributed by atoms with Crippen molar-refractivity contribution in [2.75, 3.05) is 6.61 Å². The summed E-state index contributed by atoms with van der Waals surface area (Å²) in [5.74, 6) is 0.126. The summed E-state index contributed by atoms with van der Waals surface area (Å²) in [7, 11) is 0. The maximum Gasteiger partial charge on any atom is 0.0690 e. The highest BCUT2D eigenvalue weighted by atomic mass is 32.2. The maximum atomic E-state index is 9.35. The van der Waals surface area contributed by atoms with Crippen molar-refractivity contribution in [3.05, 3.63) is 40.9 Å². The summed E-state index contributed by atoms with van der Waals surface area (Å²) in [5.41, 5.74) is 0.976. The Bertz CT molecular complexity index is 307. The molecule has 1 aliphatic rings. The van der Waals surface area contributed by atoms with E-state index in [0.29, 0.717) is 4.58 Å². The van der Waals surface area contributed by atoms with E-state index in [4.69, 9.17) is 0 Å². The molecule has 1 aromatic heterocycles. The quantitative estimate of drug-likeness (QED) is 0.856. The van der Waals surface area contributed by atoms with Crippen LogP contribution in [0.3, 0.4) is 0 Å². The Hall–Kier alpha value is -0.450. The molecule has 2 heterocycles. The molecule has 0 saturated heterocycles. The Morgan fingerprint density at radius 1 is 1.36 bits per heavy atom. The first-order valence-corrected chi connectivity index (χ1v) is 6.28. The molecule has 14 heavy (non-hydrogen) atoms. The fourth-order valence-electron chi connectivity index (χ4n) is 1.36. The van der Waals surface area contributed by atoms with Gasteiger partial charge >= 0.3 is 0 Å². The molecule has 0 saturated carbocycles. The first-order valence-electron chi connectivity index (χ1n) is 4.39. The predicted octanol–water partition coefficient (Wildman–Crippen LogP) is 2.43. The Labute approximate surface area is 91.8 Å². The zero-order valence-electron chi connectivity index (χ0n) is 7.54. The number of aromatic nitrogens is 1. The third-order valence-electron chi connectivity index (χ3n) is 2.07. The highest BCUT2D eigenvalue weighted by Crippen LogP contribution is 2.41. The van der Waals surface area contributed by atoms with Gasteiger partial charge in [-0.05, 0) is 22.9 Å². The Morgan fingerprint density at radius 3 is 2.71 bits per heavy atom. The summed E-state index contributed by atoms with van der Waals surface area (Å²) < 4.78 is 0.370. The van der Waals surface area contributed by atoms with Crippen LogP contribution < -0.4 is 0 Å². The predicted molar refractivity (Wildman–Crippen MR) is 62.2 cm³/mol. The zero-order chi connectivity index (χ0) is 9.80. The normalized spacial score (nSPS) is 18.6. The van der Waals surface area contributed by atoms with E-state index < -0.39 is 0 Å². The molecule has 1 aliphatic heterocycles. The lowest BCUT2D eigenvalue weighted by Crippen LogP contribution is -2.15. The van der Waals surface area contributed by atoms with Crippen LogP contribution in [0.25, 0.3) is 0 Å². The van der Waals surface area contributed by atoms with Gasteiger partial charge in [-0.25, -0.2) is 0 Å². The number of aliphatic hydroxyl groups excluding tert-OH is 1. The van der Waals surface area contributed by atoms with Crippen molar-refractivity contribution in [3.63, 3.8) is 0 Å². The second-order valence-electron chi connectivity index (χ2n) is 2.96. The number of thioether (sulfide) groups is 2. The molecule has 0 bridgehead atoms. The third kappa shape index (κ3) is 2.13. The minimum absolute atomic E-state index is 0.126. The first-order chi connectivity index (χ1) is 6.92. The van der Waals surface area contributed by atoms with Gasteiger partial charge in [-0.3, -0.25) is 4.98 Å². The van der Waals surface area contributed by atoms with Crippen molar-refractivity contribution in [1.82, 2.24) is 4.98 Å². The van der Waals surface area contributed by atoms with Gasteiger partial charge in [-0.15, -0.1) is 23.5 Å². The van der Waals surface area contributed by atoms with Crippen molar-refractivity contribution in [2.24, 2.45) is 0 Å². The second kappa shape index (κ2) is 4.87. The fraction of sp³-hybridized carbons (Fsp3) is 0.300. The van der Waals surface area contributed by atoms with E-state index >= 15 is 0 Å². The summed E-state index contributed by atoms with van der Waals surface area (Å²) in [6, 6.07) is 5.83. The molecule has 2 nitrogen and oxygen atoms in total. The molecule has 1 unspecified atom stereocenters. The zero-order valence-corrected chi connectivity index (χ0v) is 9.17. The maximum absolute atomic E-state index is 9.35. The van der Waals surface area contributed by atoms with Crippen molar-refractivity contribution in [1.29, 1.82) is 0 Å². The number of pyridine rings is 1. The van der Waals surface area contributed by atoms with Crippen LogP contribution in [0, 0.1) is 0 Å². The fourth-order valence-corrected chi connectivity index (χ4v) is 3.65. The monoisotopic (exact) mass is 225 g/mol. The van der Waals surface area contributed by atoms with E-state index in [1.807, 2.05) is 18.2 Å². The van der Waals surface area contributed by atoms with E-state index in [2.05, 4.69) is 15.8 Å². The lowest BCUT2D eigenvalue weighted by Gasteiger charge is -2.18. The Kier molecular flexibility index (Phi) is 3.50. The van der Waals surface area contributed by atoms with Crippen LogP contribution in [0.15, 0.2) is 35.2 Å². The lowest BCUT2D eigenvalue weighted by atomic mass is 10.1. The lowest BCUT2D eigenvalue weighted by molar-refractivity contribution is 0.270. The Morgan fingerprint density at radius 2 is 2.14 bits per heavy atom. The average molecular weight is 225 g/mol. The van der Waals surface area contributed by atoms with Gasteiger partial charge in [0.05, 0.1) is 11.2 Å². The van der Waals surface area contributed by atoms with Gasteiger partial charge in [-0.1, -0.05) is 6.07 Å². The summed E-state index contributed by atoms with van der Waals surface area (Å²) in [5, 5.41) is 13.5. The molecule has 0 radical (unpaired) electrons. The molecule has 4 heteroatoms. The minimum Gasteiger partial charge on any atom is -0.396 e. The minimum atomic E-state index is 0.126. The molecule has 1 atom stereocenters. The number of nitrogens with zero attached hydrogens (tertiary/aromatic N) is 1. The number of aliphatic hydroxyl groups is 1. The van der Waals surface area contributed by atoms with Crippen LogP contribution in [0.4, 0.5) is 0 Å². The second-order valence-corrected chi connectivity index (χ2v) is 5.36. The van der Waals surface area contributed by atoms with E-state index in [-0.39, 0.29) is 12.5 Å². The standard InChI is InChI=1S/C10H11NOS2/c12-7-8(10-13-5-6-14-10)9-3-1-2-4-11-9/h1-6,8,10,12H,7H2. The number of rotatable bonds is 3. The molecule has 0 amide bonds. The van der Waals surface area contributed by atoms with Crippen LogP contribution in [-0.4, -0.2) is 21.3 Å². The van der Waals surface area contributed by atoms with E-state index in [1.54, 1.807) is 29.7 Å². The molecule has 0 fully saturated rings. The van der Waals surface area contributed by atoms with Gasteiger partial charge in [0.25, 0.3) is 0 Å². The van der Waals surface area contributed by atoms with Gasteiger partial charge in [0.1, 0.15) is 0 Å². The molecule has 2 rings (SSSR count). The third-order valence-corrected chi connectivity index (χ3v) is 4.69. The molecule has 74 valence electrons. The average Bonchev–Trinajstić information content (AvgIpc) is 2.74. The molecule has 1 N–H and O–H groups in total. The largest absolute Gasteiger partial charge is 0.396 e. The van der Waals surface area contributed by atoms with Crippen molar-refractivity contribution < 1.29 is 5.11 Å². The van der Waals surface area contributed by atoms with Crippen LogP contribution >= 0.6 is 23.5 Å². The summed E-state index contributed by atoms with van der Waals surface area (Å²) >= 11 is 3.50. The molecule has 0 aliphatic carbocycles. The topological polar surface area (TPSA) is 33.1 Å². The van der Waals surface area contributed by atoms with E-state index in [9.17, 15) is 5.11 Å². The van der Waals surface area contributed by atoms with Crippen molar-refractivity contribution in [3.8, 4) is 0 Å². The van der Waals surface area contributed by atoms with Gasteiger partial charge in [0, 0.05) is 17.8 Å². The molecule has 0 spiro atoms. The van der Waals surface area contributed by atoms with Gasteiger partial charge < -0.3 is 5.11 Å². The number of hydrogen-bond acceptors (Lipinski definition) is 4. The molecular formula is C10H11NOS2. The van der Waals surface area contributed by atoms with E-state index in [0.717, 1.165) is 5.69 Å². The molecule has 0 aromatic carbocycles. The first kappa shape index (κ1) is 10.1. The molecular weight excluding hydrogens is 214 g/mol. The molecule has 1 aromatic rings.